The molecular weight excluding hydrogens is 536 g/mol. The number of nitrogens with zero attached hydrogens (tertiary/aromatic N) is 3. The largest absolute Gasteiger partial charge is 0.491 e. The Labute approximate surface area is 211 Å². The number of aliphatic imine (C=N–C) groups is 1. The summed E-state index contributed by atoms with van der Waals surface area (Å²) in [6.07, 6.45) is 4.90. The highest BCUT2D eigenvalue weighted by molar-refractivity contribution is 14.0. The molecule has 0 saturated heterocycles. The highest BCUT2D eigenvalue weighted by Crippen LogP contribution is 2.20. The van der Waals surface area contributed by atoms with E-state index in [0.29, 0.717) is 44.5 Å². The molecule has 0 bridgehead atoms. The molecule has 3 aromatic rings. The first-order valence-corrected chi connectivity index (χ1v) is 10.6. The molecule has 9 heteroatoms. The van der Waals surface area contributed by atoms with Gasteiger partial charge >= 0.3 is 0 Å². The van der Waals surface area contributed by atoms with Crippen molar-refractivity contribution in [2.45, 2.75) is 26.9 Å². The van der Waals surface area contributed by atoms with Crippen LogP contribution < -0.4 is 15.4 Å². The number of hydrogen-bond donors (Lipinski definition) is 2. The molecule has 0 atom stereocenters. The van der Waals surface area contributed by atoms with Gasteiger partial charge in [0.25, 0.3) is 0 Å². The van der Waals surface area contributed by atoms with E-state index in [1.165, 1.54) is 6.07 Å². The van der Waals surface area contributed by atoms with E-state index in [4.69, 9.17) is 9.47 Å². The Morgan fingerprint density at radius 3 is 2.70 bits per heavy atom. The second-order valence-corrected chi connectivity index (χ2v) is 7.26. The first kappa shape index (κ1) is 26.6. The average Bonchev–Trinajstić information content (AvgIpc) is 3.31. The van der Waals surface area contributed by atoms with Gasteiger partial charge in [0.2, 0.25) is 0 Å². The van der Waals surface area contributed by atoms with E-state index in [0.717, 1.165) is 22.4 Å². The number of halogens is 2. The smallest absolute Gasteiger partial charge is 0.191 e. The van der Waals surface area contributed by atoms with E-state index in [-0.39, 0.29) is 29.8 Å². The molecule has 0 spiro atoms. The predicted octanol–water partition coefficient (Wildman–Crippen LogP) is 4.22. The van der Waals surface area contributed by atoms with Crippen LogP contribution in [0, 0.1) is 12.7 Å². The summed E-state index contributed by atoms with van der Waals surface area (Å²) in [4.78, 5) is 8.56. The molecular formula is C24H31FIN5O2. The van der Waals surface area contributed by atoms with Gasteiger partial charge in [0.1, 0.15) is 18.2 Å². The molecule has 0 aliphatic heterocycles. The molecule has 2 aromatic carbocycles. The van der Waals surface area contributed by atoms with Gasteiger partial charge < -0.3 is 24.7 Å². The first-order chi connectivity index (χ1) is 15.6. The number of aryl methyl sites for hydroxylation is 1. The van der Waals surface area contributed by atoms with Crippen molar-refractivity contribution in [1.29, 1.82) is 0 Å². The van der Waals surface area contributed by atoms with Crippen molar-refractivity contribution in [3.05, 3.63) is 77.6 Å². The van der Waals surface area contributed by atoms with Gasteiger partial charge in [-0.25, -0.2) is 14.4 Å². The van der Waals surface area contributed by atoms with Crippen molar-refractivity contribution in [2.24, 2.45) is 4.99 Å². The number of aromatic nitrogens is 2. The molecule has 1 aromatic heterocycles. The number of methoxy groups -OCH3 is 1. The van der Waals surface area contributed by atoms with Crippen LogP contribution in [0.25, 0.3) is 5.69 Å². The molecule has 1 heterocycles. The number of ether oxygens (including phenoxy) is 2. The summed E-state index contributed by atoms with van der Waals surface area (Å²) in [5, 5.41) is 6.55. The fourth-order valence-electron chi connectivity index (χ4n) is 3.13. The van der Waals surface area contributed by atoms with Gasteiger partial charge in [-0.15, -0.1) is 24.0 Å². The number of hydrogen-bond acceptors (Lipinski definition) is 4. The highest BCUT2D eigenvalue weighted by atomic mass is 127. The fraction of sp³-hybridized carbons (Fsp3) is 0.333. The van der Waals surface area contributed by atoms with Crippen molar-refractivity contribution < 1.29 is 13.9 Å². The summed E-state index contributed by atoms with van der Waals surface area (Å²) in [7, 11) is 1.65. The third-order valence-corrected chi connectivity index (χ3v) is 4.77. The summed E-state index contributed by atoms with van der Waals surface area (Å²) in [6, 6.07) is 11.2. The zero-order valence-electron chi connectivity index (χ0n) is 19.2. The van der Waals surface area contributed by atoms with Crippen LogP contribution in [0.3, 0.4) is 0 Å². The molecule has 7 nitrogen and oxygen atoms in total. The van der Waals surface area contributed by atoms with Crippen LogP contribution >= 0.6 is 24.0 Å². The predicted molar refractivity (Wildman–Crippen MR) is 139 cm³/mol. The van der Waals surface area contributed by atoms with Crippen molar-refractivity contribution in [3.8, 4) is 11.4 Å². The summed E-state index contributed by atoms with van der Waals surface area (Å²) < 4.78 is 27.1. The van der Waals surface area contributed by atoms with Gasteiger partial charge in [-0.05, 0) is 43.2 Å². The summed E-state index contributed by atoms with van der Waals surface area (Å²) in [5.41, 5.74) is 3.39. The van der Waals surface area contributed by atoms with Crippen molar-refractivity contribution >= 4 is 29.9 Å². The van der Waals surface area contributed by atoms with Crippen LogP contribution in [-0.2, 0) is 17.8 Å². The lowest BCUT2D eigenvalue weighted by Crippen LogP contribution is -2.36. The molecule has 0 aliphatic rings. The Morgan fingerprint density at radius 1 is 1.15 bits per heavy atom. The molecule has 0 amide bonds. The van der Waals surface area contributed by atoms with Crippen LogP contribution in [0.2, 0.25) is 0 Å². The van der Waals surface area contributed by atoms with Crippen LogP contribution in [-0.4, -0.2) is 42.4 Å². The Bertz CT molecular complexity index is 1030. The van der Waals surface area contributed by atoms with Gasteiger partial charge in [0.15, 0.2) is 5.96 Å². The number of imidazole rings is 1. The minimum atomic E-state index is -0.314. The quantitative estimate of drug-likeness (QED) is 0.166. The fourth-order valence-corrected chi connectivity index (χ4v) is 3.13. The van der Waals surface area contributed by atoms with Gasteiger partial charge in [-0.1, -0.05) is 18.2 Å². The maximum absolute atomic E-state index is 14.5. The van der Waals surface area contributed by atoms with E-state index < -0.39 is 0 Å². The number of guanidine groups is 1. The lowest BCUT2D eigenvalue weighted by atomic mass is 10.1. The van der Waals surface area contributed by atoms with E-state index in [1.54, 1.807) is 36.5 Å². The number of nitrogens with one attached hydrogen (secondary N) is 2. The lowest BCUT2D eigenvalue weighted by Gasteiger charge is -2.15. The Morgan fingerprint density at radius 2 is 2.00 bits per heavy atom. The van der Waals surface area contributed by atoms with Gasteiger partial charge in [-0.3, -0.25) is 0 Å². The Hall–Kier alpha value is -2.66. The van der Waals surface area contributed by atoms with Crippen molar-refractivity contribution in [1.82, 2.24) is 20.2 Å². The molecule has 2 N–H and O–H groups in total. The zero-order valence-corrected chi connectivity index (χ0v) is 21.5. The van der Waals surface area contributed by atoms with Crippen LogP contribution in [0.15, 0.2) is 60.1 Å². The van der Waals surface area contributed by atoms with Crippen LogP contribution in [0.5, 0.6) is 5.75 Å². The van der Waals surface area contributed by atoms with Gasteiger partial charge in [0, 0.05) is 38.2 Å². The van der Waals surface area contributed by atoms with Crippen LogP contribution in [0.4, 0.5) is 4.39 Å². The van der Waals surface area contributed by atoms with Crippen molar-refractivity contribution in [2.75, 3.05) is 26.9 Å². The molecule has 0 saturated carbocycles. The topological polar surface area (TPSA) is 72.7 Å². The summed E-state index contributed by atoms with van der Waals surface area (Å²) >= 11 is 0. The Kier molecular flexibility index (Phi) is 11.1. The number of benzene rings is 2. The van der Waals surface area contributed by atoms with E-state index in [9.17, 15) is 4.39 Å². The minimum absolute atomic E-state index is 0. The monoisotopic (exact) mass is 567 g/mol. The van der Waals surface area contributed by atoms with Gasteiger partial charge in [-0.2, -0.15) is 0 Å². The lowest BCUT2D eigenvalue weighted by molar-refractivity contribution is 0.145. The summed E-state index contributed by atoms with van der Waals surface area (Å²) in [5.74, 6) is 1.16. The summed E-state index contributed by atoms with van der Waals surface area (Å²) in [6.45, 7) is 6.66. The maximum Gasteiger partial charge on any atom is 0.191 e. The normalized spacial score (nSPS) is 11.1. The molecule has 0 fully saturated rings. The standard InChI is InChI=1S/C24H30FN5O2.HI/c1-4-27-24(29-16-20-7-5-18(2)13-23(20)32-12-11-31-3)28-15-19-6-8-22(21(25)14-19)30-10-9-26-17-30;/h5-10,13-14,17H,4,11-12,15-16H2,1-3H3,(H2,27,28,29);1H. The third-order valence-electron chi connectivity index (χ3n) is 4.77. The Balaban J connectivity index is 0.00000385. The van der Waals surface area contributed by atoms with E-state index in [2.05, 4.69) is 26.7 Å². The zero-order chi connectivity index (χ0) is 22.8. The van der Waals surface area contributed by atoms with E-state index in [1.807, 2.05) is 32.0 Å². The first-order valence-electron chi connectivity index (χ1n) is 10.6. The maximum atomic E-state index is 14.5. The van der Waals surface area contributed by atoms with E-state index >= 15 is 0 Å². The minimum Gasteiger partial charge on any atom is -0.491 e. The SMILES string of the molecule is CCNC(=NCc1ccc(-n2ccnc2)c(F)c1)NCc1ccc(C)cc1OCCOC.I. The van der Waals surface area contributed by atoms with Crippen molar-refractivity contribution in [3.63, 3.8) is 0 Å². The molecule has 0 radical (unpaired) electrons. The third kappa shape index (κ3) is 8.01. The molecule has 0 aliphatic carbocycles. The average molecular weight is 567 g/mol. The van der Waals surface area contributed by atoms with Gasteiger partial charge in [0.05, 0.1) is 25.2 Å². The highest BCUT2D eigenvalue weighted by Gasteiger charge is 2.08. The number of rotatable bonds is 10. The molecule has 0 unspecified atom stereocenters. The second kappa shape index (κ2) is 13.8. The van der Waals surface area contributed by atoms with Crippen LogP contribution in [0.1, 0.15) is 23.6 Å². The molecule has 33 heavy (non-hydrogen) atoms. The second-order valence-electron chi connectivity index (χ2n) is 7.26. The molecule has 3 rings (SSSR count). The molecule has 178 valence electrons.